The molecule has 0 bridgehead atoms. The predicted molar refractivity (Wildman–Crippen MR) is 317 cm³/mol. The topological polar surface area (TPSA) is 78.9 Å². The molecule has 0 N–H and O–H groups in total. The quantitative estimate of drug-likeness (QED) is 0.0261. The summed E-state index contributed by atoms with van der Waals surface area (Å²) in [4.78, 5) is 38.1. The molecule has 0 amide bonds. The van der Waals surface area contributed by atoms with E-state index < -0.39 is 6.10 Å². The molecule has 0 heterocycles. The van der Waals surface area contributed by atoms with Crippen LogP contribution in [0.15, 0.2) is 12.2 Å². The molecule has 6 heteroatoms. The number of unbranched alkanes of at least 4 members (excludes halogenated alkanes) is 49. The minimum atomic E-state index is -0.767. The number of esters is 3. The van der Waals surface area contributed by atoms with Gasteiger partial charge in [-0.15, -0.1) is 0 Å². The van der Waals surface area contributed by atoms with Gasteiger partial charge in [-0.3, -0.25) is 14.4 Å². The molecule has 6 nitrogen and oxygen atoms in total. The molecular weight excluding hydrogens is 901 g/mol. The van der Waals surface area contributed by atoms with Crippen molar-refractivity contribution in [3.05, 3.63) is 12.2 Å². The predicted octanol–water partition coefficient (Wildman–Crippen LogP) is 22.4. The van der Waals surface area contributed by atoms with Crippen molar-refractivity contribution in [2.75, 3.05) is 13.2 Å². The highest BCUT2D eigenvalue weighted by Crippen LogP contribution is 2.19. The summed E-state index contributed by atoms with van der Waals surface area (Å²) in [5, 5.41) is 0. The van der Waals surface area contributed by atoms with Gasteiger partial charge in [-0.05, 0) is 38.5 Å². The van der Waals surface area contributed by atoms with E-state index in [0.717, 1.165) is 70.6 Å². The van der Waals surface area contributed by atoms with Gasteiger partial charge in [-0.2, -0.15) is 0 Å². The molecule has 73 heavy (non-hydrogen) atoms. The molecule has 0 spiro atoms. The molecule has 0 aromatic heterocycles. The number of rotatable bonds is 62. The lowest BCUT2D eigenvalue weighted by atomic mass is 10.0. The third-order valence-corrected chi connectivity index (χ3v) is 15.3. The van der Waals surface area contributed by atoms with Gasteiger partial charge in [0.15, 0.2) is 6.10 Å². The second-order valence-corrected chi connectivity index (χ2v) is 22.7. The normalized spacial score (nSPS) is 12.0. The lowest BCUT2D eigenvalue weighted by Gasteiger charge is -2.18. The number of ether oxygens (including phenoxy) is 3. The molecule has 0 aliphatic carbocycles. The first-order chi connectivity index (χ1) is 36.0. The van der Waals surface area contributed by atoms with Crippen LogP contribution in [-0.4, -0.2) is 37.2 Å². The average Bonchev–Trinajstić information content (AvgIpc) is 3.39. The van der Waals surface area contributed by atoms with Gasteiger partial charge >= 0.3 is 17.9 Å². The third-order valence-electron chi connectivity index (χ3n) is 15.3. The Bertz CT molecular complexity index is 1130. The largest absolute Gasteiger partial charge is 0.462 e. The average molecular weight is 1030 g/mol. The van der Waals surface area contributed by atoms with Gasteiger partial charge in [-0.1, -0.05) is 335 Å². The van der Waals surface area contributed by atoms with Gasteiger partial charge in [0, 0.05) is 19.3 Å². The molecule has 0 radical (unpaired) electrons. The van der Waals surface area contributed by atoms with Crippen LogP contribution in [0.1, 0.15) is 380 Å². The van der Waals surface area contributed by atoms with E-state index in [9.17, 15) is 14.4 Å². The minimum absolute atomic E-state index is 0.0667. The first-order valence-electron chi connectivity index (χ1n) is 33.2. The smallest absolute Gasteiger partial charge is 0.306 e. The van der Waals surface area contributed by atoms with Gasteiger partial charge in [0.2, 0.25) is 0 Å². The molecule has 0 aliphatic heterocycles. The van der Waals surface area contributed by atoms with Crippen LogP contribution < -0.4 is 0 Å². The number of hydrogen-bond acceptors (Lipinski definition) is 6. The summed E-state index contributed by atoms with van der Waals surface area (Å²) in [7, 11) is 0. The van der Waals surface area contributed by atoms with E-state index in [1.807, 2.05) is 0 Å². The van der Waals surface area contributed by atoms with Crippen LogP contribution in [0.4, 0.5) is 0 Å². The Balaban J connectivity index is 3.97. The maximum atomic E-state index is 12.8. The van der Waals surface area contributed by atoms with Crippen LogP contribution >= 0.6 is 0 Å². The summed E-state index contributed by atoms with van der Waals surface area (Å²) in [5.74, 6) is -0.853. The Kier molecular flexibility index (Phi) is 61.1. The summed E-state index contributed by atoms with van der Waals surface area (Å²) >= 11 is 0. The number of hydrogen-bond donors (Lipinski definition) is 0. The third kappa shape index (κ3) is 60.9. The Morgan fingerprint density at radius 3 is 0.740 bits per heavy atom. The lowest BCUT2D eigenvalue weighted by molar-refractivity contribution is -0.167. The molecule has 432 valence electrons. The Labute approximate surface area is 456 Å². The molecule has 0 aliphatic rings. The Hall–Kier alpha value is -1.85. The van der Waals surface area contributed by atoms with Crippen LogP contribution in [0.2, 0.25) is 0 Å². The zero-order valence-corrected chi connectivity index (χ0v) is 49.7. The Morgan fingerprint density at radius 2 is 0.479 bits per heavy atom. The second kappa shape index (κ2) is 62.7. The van der Waals surface area contributed by atoms with E-state index in [-0.39, 0.29) is 31.1 Å². The van der Waals surface area contributed by atoms with Crippen molar-refractivity contribution in [3.8, 4) is 0 Å². The van der Waals surface area contributed by atoms with Crippen molar-refractivity contribution in [1.29, 1.82) is 0 Å². The molecule has 0 aromatic rings. The van der Waals surface area contributed by atoms with Gasteiger partial charge in [0.25, 0.3) is 0 Å². The monoisotopic (exact) mass is 1030 g/mol. The molecule has 0 aromatic carbocycles. The SMILES string of the molecule is CCC/C=C\CCCCCCCC(=O)OCC(COC(=O)CCCCCCCCCCCCCCCCCCCCCCCCCCCCCCCCCC)OC(=O)CCCCCCCCCCCCCCC. The summed E-state index contributed by atoms with van der Waals surface area (Å²) < 4.78 is 16.9. The highest BCUT2D eigenvalue weighted by Gasteiger charge is 2.19. The highest BCUT2D eigenvalue weighted by atomic mass is 16.6. The molecule has 0 fully saturated rings. The maximum Gasteiger partial charge on any atom is 0.306 e. The van der Waals surface area contributed by atoms with Crippen molar-refractivity contribution in [2.45, 2.75) is 386 Å². The fourth-order valence-corrected chi connectivity index (χ4v) is 10.3. The van der Waals surface area contributed by atoms with E-state index in [1.165, 1.54) is 270 Å². The van der Waals surface area contributed by atoms with Crippen LogP contribution in [0.5, 0.6) is 0 Å². The number of carbonyl (C=O) groups excluding carboxylic acids is 3. The standard InChI is InChI=1S/C67H128O6/c1-4-7-10-13-16-19-22-24-25-26-27-28-29-30-31-32-33-34-35-36-37-38-39-40-41-42-44-45-48-51-54-57-60-66(69)72-63-64(62-71-65(68)59-56-53-50-47-21-18-15-12-9-6-3)73-67(70)61-58-55-52-49-46-43-23-20-17-14-11-8-5-2/h12,15,64H,4-11,13-14,16-63H2,1-3H3/b15-12-. The molecular formula is C67H128O6. The zero-order chi connectivity index (χ0) is 52.9. The van der Waals surface area contributed by atoms with E-state index in [1.54, 1.807) is 0 Å². The van der Waals surface area contributed by atoms with Crippen molar-refractivity contribution >= 4 is 17.9 Å². The van der Waals surface area contributed by atoms with Crippen molar-refractivity contribution in [3.63, 3.8) is 0 Å². The van der Waals surface area contributed by atoms with E-state index in [0.29, 0.717) is 19.3 Å². The maximum absolute atomic E-state index is 12.8. The highest BCUT2D eigenvalue weighted by molar-refractivity contribution is 5.71. The van der Waals surface area contributed by atoms with E-state index in [2.05, 4.69) is 32.9 Å². The van der Waals surface area contributed by atoms with Gasteiger partial charge in [0.1, 0.15) is 13.2 Å². The lowest BCUT2D eigenvalue weighted by Crippen LogP contribution is -2.30. The molecule has 0 saturated carbocycles. The molecule has 1 atom stereocenters. The zero-order valence-electron chi connectivity index (χ0n) is 49.7. The minimum Gasteiger partial charge on any atom is -0.462 e. The second-order valence-electron chi connectivity index (χ2n) is 22.7. The first kappa shape index (κ1) is 71.2. The number of carbonyl (C=O) groups is 3. The summed E-state index contributed by atoms with van der Waals surface area (Å²) in [5.41, 5.74) is 0. The van der Waals surface area contributed by atoms with Crippen LogP contribution in [-0.2, 0) is 28.6 Å². The van der Waals surface area contributed by atoms with Crippen molar-refractivity contribution in [1.82, 2.24) is 0 Å². The van der Waals surface area contributed by atoms with E-state index in [4.69, 9.17) is 14.2 Å². The van der Waals surface area contributed by atoms with E-state index >= 15 is 0 Å². The van der Waals surface area contributed by atoms with Crippen LogP contribution in [0, 0.1) is 0 Å². The summed E-state index contributed by atoms with van der Waals surface area (Å²) in [6, 6.07) is 0. The van der Waals surface area contributed by atoms with Gasteiger partial charge in [0.05, 0.1) is 0 Å². The fraction of sp³-hybridized carbons (Fsp3) is 0.925. The summed E-state index contributed by atoms with van der Waals surface area (Å²) in [6.45, 7) is 6.63. The van der Waals surface area contributed by atoms with Gasteiger partial charge < -0.3 is 14.2 Å². The molecule has 0 rings (SSSR count). The molecule has 1 unspecified atom stereocenters. The molecule has 0 saturated heterocycles. The van der Waals surface area contributed by atoms with Crippen LogP contribution in [0.25, 0.3) is 0 Å². The van der Waals surface area contributed by atoms with Crippen LogP contribution in [0.3, 0.4) is 0 Å². The summed E-state index contributed by atoms with van der Waals surface area (Å²) in [6.07, 6.45) is 74.1. The van der Waals surface area contributed by atoms with Crippen molar-refractivity contribution in [2.24, 2.45) is 0 Å². The van der Waals surface area contributed by atoms with Crippen molar-refractivity contribution < 1.29 is 28.6 Å². The first-order valence-corrected chi connectivity index (χ1v) is 33.2. The Morgan fingerprint density at radius 1 is 0.260 bits per heavy atom. The fourth-order valence-electron chi connectivity index (χ4n) is 10.3. The van der Waals surface area contributed by atoms with Gasteiger partial charge in [-0.25, -0.2) is 0 Å². The number of allylic oxidation sites excluding steroid dienone is 2.